The third-order valence-electron chi connectivity index (χ3n) is 14.2. The van der Waals surface area contributed by atoms with E-state index < -0.39 is 0 Å². The predicted octanol–water partition coefficient (Wildman–Crippen LogP) is 12.8. The lowest BCUT2D eigenvalue weighted by molar-refractivity contribution is 0.587. The number of hydrogen-bond acceptors (Lipinski definition) is 0. The highest BCUT2D eigenvalue weighted by molar-refractivity contribution is 6.10. The summed E-state index contributed by atoms with van der Waals surface area (Å²) >= 11 is 0. The Labute approximate surface area is 335 Å². The second-order valence-electron chi connectivity index (χ2n) is 17.9. The molecule has 2 aliphatic carbocycles. The maximum absolute atomic E-state index is 2.68. The maximum Gasteiger partial charge on any atom is 0.0582 e. The molecule has 0 bridgehead atoms. The number of nitrogens with zero attached hydrogens (tertiary/aromatic N) is 1. The Morgan fingerprint density at radius 2 is 1.21 bits per heavy atom. The molecule has 7 aromatic carbocycles. The van der Waals surface area contributed by atoms with Crippen LogP contribution in [0.1, 0.15) is 79.8 Å². The van der Waals surface area contributed by atoms with Crippen LogP contribution in [0.5, 0.6) is 0 Å². The van der Waals surface area contributed by atoms with Crippen LogP contribution in [0.15, 0.2) is 146 Å². The van der Waals surface area contributed by atoms with E-state index >= 15 is 0 Å². The van der Waals surface area contributed by atoms with Crippen molar-refractivity contribution in [2.24, 2.45) is 0 Å². The summed E-state index contributed by atoms with van der Waals surface area (Å²) in [5.74, 6) is 0.334. The Kier molecular flexibility index (Phi) is 6.76. The van der Waals surface area contributed by atoms with Crippen LogP contribution in [-0.2, 0) is 17.3 Å². The van der Waals surface area contributed by atoms with Gasteiger partial charge in [0, 0.05) is 27.4 Å². The Morgan fingerprint density at radius 3 is 1.96 bits per heavy atom. The summed E-state index contributed by atoms with van der Waals surface area (Å²) in [5, 5.41) is 6.89. The van der Waals surface area contributed by atoms with E-state index in [0.29, 0.717) is 5.92 Å². The summed E-state index contributed by atoms with van der Waals surface area (Å²) < 4.78 is 2.68. The second-order valence-corrected chi connectivity index (χ2v) is 17.9. The van der Waals surface area contributed by atoms with Crippen LogP contribution in [0, 0.1) is 0 Å². The van der Waals surface area contributed by atoms with Crippen LogP contribution >= 0.6 is 0 Å². The Bertz CT molecular complexity index is 3170. The molecular formula is C56H45N. The van der Waals surface area contributed by atoms with Gasteiger partial charge in [-0.25, -0.2) is 0 Å². The van der Waals surface area contributed by atoms with Gasteiger partial charge in [0.25, 0.3) is 0 Å². The minimum atomic E-state index is -0.158. The summed E-state index contributed by atoms with van der Waals surface area (Å²) in [6.45, 7) is 9.84. The molecule has 1 heteroatoms. The number of para-hydroxylation sites is 1. The fraction of sp³-hybridized carbons (Fsp3) is 0.179. The number of allylic oxidation sites excluding steroid dienone is 1. The molecular weight excluding hydrogens is 687 g/mol. The lowest BCUT2D eigenvalue weighted by Gasteiger charge is -2.43. The van der Waals surface area contributed by atoms with Crippen LogP contribution in [-0.4, -0.2) is 4.57 Å². The van der Waals surface area contributed by atoms with Gasteiger partial charge in [0.15, 0.2) is 0 Å². The van der Waals surface area contributed by atoms with E-state index in [9.17, 15) is 0 Å². The molecule has 8 aromatic rings. The van der Waals surface area contributed by atoms with Crippen molar-refractivity contribution in [1.29, 1.82) is 0 Å². The molecule has 0 N–H and O–H groups in total. The second kappa shape index (κ2) is 11.7. The molecule has 1 atom stereocenters. The summed E-state index contributed by atoms with van der Waals surface area (Å²) in [4.78, 5) is 0. The quantitative estimate of drug-likeness (QED) is 0.170. The van der Waals surface area contributed by atoms with Gasteiger partial charge in [0.1, 0.15) is 0 Å². The molecule has 0 radical (unpaired) electrons. The normalized spacial score (nSPS) is 17.8. The summed E-state index contributed by atoms with van der Waals surface area (Å²) in [7, 11) is 0. The van der Waals surface area contributed by atoms with Gasteiger partial charge < -0.3 is 4.57 Å². The molecule has 4 aliphatic rings. The first-order valence-corrected chi connectivity index (χ1v) is 20.8. The zero-order chi connectivity index (χ0) is 38.2. The van der Waals surface area contributed by atoms with Crippen molar-refractivity contribution in [3.63, 3.8) is 0 Å². The van der Waals surface area contributed by atoms with Crippen molar-refractivity contribution in [3.05, 3.63) is 190 Å². The predicted molar refractivity (Wildman–Crippen MR) is 241 cm³/mol. The Morgan fingerprint density at radius 1 is 0.561 bits per heavy atom. The molecule has 274 valence electrons. The summed E-state index contributed by atoms with van der Waals surface area (Å²) in [6, 6.07) is 52.9. The number of aromatic nitrogens is 1. The summed E-state index contributed by atoms with van der Waals surface area (Å²) in [5.41, 5.74) is 20.6. The van der Waals surface area contributed by atoms with Crippen molar-refractivity contribution >= 4 is 39.4 Å². The van der Waals surface area contributed by atoms with Crippen LogP contribution < -0.4 is 10.6 Å². The van der Waals surface area contributed by atoms with E-state index in [0.717, 1.165) is 19.3 Å². The molecule has 1 aromatic heterocycles. The number of hydrogen-bond donors (Lipinski definition) is 0. The van der Waals surface area contributed by atoms with E-state index in [1.807, 2.05) is 0 Å². The van der Waals surface area contributed by atoms with Crippen molar-refractivity contribution in [3.8, 4) is 39.1 Å². The lowest BCUT2D eigenvalue weighted by Crippen LogP contribution is -2.46. The number of benzene rings is 7. The largest absolute Gasteiger partial charge is 0.308 e. The molecule has 0 spiro atoms. The van der Waals surface area contributed by atoms with E-state index in [2.05, 4.69) is 190 Å². The SMILES string of the molecule is CC1(C)C2=c3c(c4cc(-c5ccc(-c6c7c(c(-c8ccccc8)c8ccccc68)C=CCC7)cc5)cc5c4n3-c3c1cccc3C5(C)C)=CC(c1ccccc1)C2. The number of rotatable bonds is 4. The highest BCUT2D eigenvalue weighted by Crippen LogP contribution is 2.52. The van der Waals surface area contributed by atoms with E-state index in [1.54, 1.807) is 5.57 Å². The zero-order valence-corrected chi connectivity index (χ0v) is 33.2. The average molecular weight is 732 g/mol. The van der Waals surface area contributed by atoms with Crippen molar-refractivity contribution in [2.45, 2.75) is 63.7 Å². The van der Waals surface area contributed by atoms with Crippen LogP contribution in [0.25, 0.3) is 78.5 Å². The molecule has 12 rings (SSSR count). The van der Waals surface area contributed by atoms with Crippen LogP contribution in [0.4, 0.5) is 0 Å². The van der Waals surface area contributed by atoms with Gasteiger partial charge >= 0.3 is 0 Å². The van der Waals surface area contributed by atoms with Crippen molar-refractivity contribution in [1.82, 2.24) is 4.57 Å². The molecule has 0 amide bonds. The van der Waals surface area contributed by atoms with Gasteiger partial charge in [-0.1, -0.05) is 173 Å². The molecule has 1 nitrogen and oxygen atoms in total. The van der Waals surface area contributed by atoms with E-state index in [-0.39, 0.29) is 10.8 Å². The third kappa shape index (κ3) is 4.46. The minimum Gasteiger partial charge on any atom is -0.308 e. The van der Waals surface area contributed by atoms with Crippen LogP contribution in [0.3, 0.4) is 0 Å². The van der Waals surface area contributed by atoms with Gasteiger partial charge in [0.2, 0.25) is 0 Å². The van der Waals surface area contributed by atoms with Gasteiger partial charge in [-0.05, 0) is 115 Å². The van der Waals surface area contributed by atoms with Gasteiger partial charge in [0.05, 0.1) is 16.6 Å². The Hall–Kier alpha value is -6.18. The topological polar surface area (TPSA) is 4.93 Å². The molecule has 0 fully saturated rings. The molecule has 1 unspecified atom stereocenters. The molecule has 2 aliphatic heterocycles. The molecule has 0 saturated heterocycles. The lowest BCUT2D eigenvalue weighted by atomic mass is 9.66. The molecule has 3 heterocycles. The molecule has 57 heavy (non-hydrogen) atoms. The standard InChI is InChI=1S/C56H45N/c1-55(2)46-24-15-25-47-54(46)57-52-44(30-38(32-48(52)55)34-16-7-5-8-17-34)45-31-39(33-49(53(45)57)56(47,3)4)35-26-28-37(29-27-35)51-42-22-13-11-20-40(42)50(36-18-9-6-10-19-36)41-21-12-14-23-43(41)51/h5-13,15-22,24-31,33,38H,14,23,32H2,1-4H3. The van der Waals surface area contributed by atoms with E-state index in [4.69, 9.17) is 0 Å². The first kappa shape index (κ1) is 33.0. The third-order valence-corrected chi connectivity index (χ3v) is 14.2. The first-order valence-electron chi connectivity index (χ1n) is 20.8. The minimum absolute atomic E-state index is 0.0730. The summed E-state index contributed by atoms with van der Waals surface area (Å²) in [6.07, 6.45) is 10.5. The van der Waals surface area contributed by atoms with Gasteiger partial charge in [-0.15, -0.1) is 0 Å². The fourth-order valence-electron chi connectivity index (χ4n) is 11.4. The first-order chi connectivity index (χ1) is 27.8. The maximum atomic E-state index is 2.68. The highest BCUT2D eigenvalue weighted by atomic mass is 15.0. The molecule has 0 saturated carbocycles. The fourth-order valence-corrected chi connectivity index (χ4v) is 11.4. The van der Waals surface area contributed by atoms with E-state index in [1.165, 1.54) is 105 Å². The zero-order valence-electron chi connectivity index (χ0n) is 33.2. The monoisotopic (exact) mass is 731 g/mol. The van der Waals surface area contributed by atoms with Crippen molar-refractivity contribution in [2.75, 3.05) is 0 Å². The highest BCUT2D eigenvalue weighted by Gasteiger charge is 2.44. The Balaban J connectivity index is 1.09. The number of fused-ring (bicyclic) bond motifs is 3. The van der Waals surface area contributed by atoms with Crippen molar-refractivity contribution < 1.29 is 0 Å². The van der Waals surface area contributed by atoms with Gasteiger partial charge in [-0.2, -0.15) is 0 Å². The van der Waals surface area contributed by atoms with Gasteiger partial charge in [-0.3, -0.25) is 0 Å². The smallest absolute Gasteiger partial charge is 0.0582 e. The van der Waals surface area contributed by atoms with Crippen LogP contribution in [0.2, 0.25) is 0 Å². The average Bonchev–Trinajstić information content (AvgIpc) is 3.58.